The summed E-state index contributed by atoms with van der Waals surface area (Å²) < 4.78 is 5.78. The first-order valence-corrected chi connectivity index (χ1v) is 7.15. The molecule has 1 aromatic rings. The van der Waals surface area contributed by atoms with E-state index in [9.17, 15) is 0 Å². The summed E-state index contributed by atoms with van der Waals surface area (Å²) in [6.45, 7) is 9.56. The molecule has 0 saturated carbocycles. The molecule has 0 bridgehead atoms. The van der Waals surface area contributed by atoms with Crippen molar-refractivity contribution in [2.24, 2.45) is 5.41 Å². The van der Waals surface area contributed by atoms with Gasteiger partial charge in [-0.2, -0.15) is 0 Å². The smallest absolute Gasteiger partial charge is 0.168 e. The Morgan fingerprint density at radius 2 is 2.16 bits per heavy atom. The molecule has 2 rings (SSSR count). The summed E-state index contributed by atoms with van der Waals surface area (Å²) in [5.74, 6) is 1.70. The molecular formula is C15H25N3O. The first kappa shape index (κ1) is 14.1. The van der Waals surface area contributed by atoms with Gasteiger partial charge in [-0.25, -0.2) is 4.98 Å². The fourth-order valence-corrected chi connectivity index (χ4v) is 2.38. The normalized spacial score (nSPS) is 18.3. The van der Waals surface area contributed by atoms with E-state index < -0.39 is 0 Å². The highest BCUT2D eigenvalue weighted by molar-refractivity contribution is 5.49. The number of nitrogens with zero attached hydrogens (tertiary/aromatic N) is 1. The van der Waals surface area contributed by atoms with E-state index in [0.29, 0.717) is 5.41 Å². The van der Waals surface area contributed by atoms with Crippen LogP contribution in [0.3, 0.4) is 0 Å². The van der Waals surface area contributed by atoms with Gasteiger partial charge in [0, 0.05) is 12.7 Å². The van der Waals surface area contributed by atoms with Crippen molar-refractivity contribution < 1.29 is 4.74 Å². The highest BCUT2D eigenvalue weighted by Crippen LogP contribution is 2.30. The van der Waals surface area contributed by atoms with E-state index in [4.69, 9.17) is 4.74 Å². The van der Waals surface area contributed by atoms with Gasteiger partial charge in [0.1, 0.15) is 0 Å². The molecule has 2 N–H and O–H groups in total. The highest BCUT2D eigenvalue weighted by atomic mass is 16.5. The van der Waals surface area contributed by atoms with E-state index in [1.165, 1.54) is 12.8 Å². The number of piperidine rings is 1. The van der Waals surface area contributed by atoms with Gasteiger partial charge in [-0.05, 0) is 57.3 Å². The lowest BCUT2D eigenvalue weighted by molar-refractivity contribution is 0.238. The van der Waals surface area contributed by atoms with Crippen molar-refractivity contribution in [3.05, 3.63) is 18.3 Å². The van der Waals surface area contributed by atoms with Crippen LogP contribution in [0.25, 0.3) is 0 Å². The molecular weight excluding hydrogens is 238 g/mol. The lowest BCUT2D eigenvalue weighted by Crippen LogP contribution is -2.39. The average molecular weight is 263 g/mol. The zero-order chi connectivity index (χ0) is 13.7. The SMILES string of the molecule is CC(C)Oc1cccnc1NCC1(C)CCNCC1. The Morgan fingerprint density at radius 1 is 1.42 bits per heavy atom. The van der Waals surface area contributed by atoms with Gasteiger partial charge in [-0.1, -0.05) is 6.92 Å². The summed E-state index contributed by atoms with van der Waals surface area (Å²) in [5.41, 5.74) is 0.345. The van der Waals surface area contributed by atoms with Crippen LogP contribution in [0.4, 0.5) is 5.82 Å². The molecule has 0 atom stereocenters. The minimum atomic E-state index is 0.166. The van der Waals surface area contributed by atoms with Crippen LogP contribution in [0.1, 0.15) is 33.6 Å². The Labute approximate surface area is 116 Å². The number of pyridine rings is 1. The number of nitrogens with one attached hydrogen (secondary N) is 2. The van der Waals surface area contributed by atoms with Crippen molar-refractivity contribution in [1.82, 2.24) is 10.3 Å². The molecule has 106 valence electrons. The maximum atomic E-state index is 5.78. The Morgan fingerprint density at radius 3 is 2.84 bits per heavy atom. The number of aromatic nitrogens is 1. The van der Waals surface area contributed by atoms with Crippen molar-refractivity contribution >= 4 is 5.82 Å². The maximum absolute atomic E-state index is 5.78. The number of anilines is 1. The van der Waals surface area contributed by atoms with Crippen molar-refractivity contribution in [3.8, 4) is 5.75 Å². The topological polar surface area (TPSA) is 46.2 Å². The van der Waals surface area contributed by atoms with Crippen LogP contribution in [0.15, 0.2) is 18.3 Å². The summed E-state index contributed by atoms with van der Waals surface area (Å²) >= 11 is 0. The highest BCUT2D eigenvalue weighted by Gasteiger charge is 2.26. The van der Waals surface area contributed by atoms with Gasteiger partial charge < -0.3 is 15.4 Å². The Bertz CT molecular complexity index is 400. The first-order chi connectivity index (χ1) is 9.09. The number of ether oxygens (including phenoxy) is 1. The van der Waals surface area contributed by atoms with Crippen LogP contribution in [0.5, 0.6) is 5.75 Å². The molecule has 2 heterocycles. The lowest BCUT2D eigenvalue weighted by atomic mass is 9.81. The third-order valence-electron chi connectivity index (χ3n) is 3.63. The number of hydrogen-bond donors (Lipinski definition) is 2. The second-order valence-corrected chi connectivity index (χ2v) is 5.93. The summed E-state index contributed by atoms with van der Waals surface area (Å²) in [6.07, 6.45) is 4.37. The molecule has 19 heavy (non-hydrogen) atoms. The van der Waals surface area contributed by atoms with Crippen LogP contribution in [0, 0.1) is 5.41 Å². The third-order valence-corrected chi connectivity index (χ3v) is 3.63. The minimum Gasteiger partial charge on any atom is -0.487 e. The molecule has 0 spiro atoms. The monoisotopic (exact) mass is 263 g/mol. The molecule has 0 aliphatic carbocycles. The summed E-state index contributed by atoms with van der Waals surface area (Å²) in [4.78, 5) is 4.40. The molecule has 0 unspecified atom stereocenters. The summed E-state index contributed by atoms with van der Waals surface area (Å²) in [5, 5.41) is 6.87. The van der Waals surface area contributed by atoms with Crippen LogP contribution in [-0.2, 0) is 0 Å². The Balaban J connectivity index is 1.98. The molecule has 1 aromatic heterocycles. The second-order valence-electron chi connectivity index (χ2n) is 5.93. The van der Waals surface area contributed by atoms with E-state index in [-0.39, 0.29) is 6.10 Å². The zero-order valence-electron chi connectivity index (χ0n) is 12.2. The molecule has 1 aliphatic rings. The predicted octanol–water partition coefficient (Wildman–Crippen LogP) is 2.67. The number of rotatable bonds is 5. The van der Waals surface area contributed by atoms with E-state index in [1.807, 2.05) is 26.0 Å². The van der Waals surface area contributed by atoms with Crippen molar-refractivity contribution in [3.63, 3.8) is 0 Å². The van der Waals surface area contributed by atoms with E-state index in [2.05, 4.69) is 22.5 Å². The van der Waals surface area contributed by atoms with Gasteiger partial charge in [-0.3, -0.25) is 0 Å². The average Bonchev–Trinajstić information content (AvgIpc) is 2.38. The Kier molecular flexibility index (Phi) is 4.64. The molecule has 1 aliphatic heterocycles. The largest absolute Gasteiger partial charge is 0.487 e. The van der Waals surface area contributed by atoms with Gasteiger partial charge >= 0.3 is 0 Å². The quantitative estimate of drug-likeness (QED) is 0.857. The van der Waals surface area contributed by atoms with Crippen molar-refractivity contribution in [2.75, 3.05) is 25.0 Å². The fourth-order valence-electron chi connectivity index (χ4n) is 2.38. The summed E-state index contributed by atoms with van der Waals surface area (Å²) in [6, 6.07) is 3.88. The molecule has 4 nitrogen and oxygen atoms in total. The van der Waals surface area contributed by atoms with Crippen LogP contribution in [-0.4, -0.2) is 30.7 Å². The molecule has 1 fully saturated rings. The molecule has 0 amide bonds. The van der Waals surface area contributed by atoms with Gasteiger partial charge in [0.25, 0.3) is 0 Å². The van der Waals surface area contributed by atoms with Crippen LogP contribution >= 0.6 is 0 Å². The predicted molar refractivity (Wildman–Crippen MR) is 78.7 cm³/mol. The van der Waals surface area contributed by atoms with Crippen molar-refractivity contribution in [1.29, 1.82) is 0 Å². The molecule has 1 saturated heterocycles. The van der Waals surface area contributed by atoms with E-state index in [1.54, 1.807) is 6.20 Å². The molecule has 0 aromatic carbocycles. The van der Waals surface area contributed by atoms with E-state index in [0.717, 1.165) is 31.2 Å². The minimum absolute atomic E-state index is 0.166. The van der Waals surface area contributed by atoms with Crippen LogP contribution in [0.2, 0.25) is 0 Å². The van der Waals surface area contributed by atoms with Gasteiger partial charge in [-0.15, -0.1) is 0 Å². The molecule has 4 heteroatoms. The van der Waals surface area contributed by atoms with Crippen molar-refractivity contribution in [2.45, 2.75) is 39.7 Å². The number of hydrogen-bond acceptors (Lipinski definition) is 4. The lowest BCUT2D eigenvalue weighted by Gasteiger charge is -2.34. The summed E-state index contributed by atoms with van der Waals surface area (Å²) in [7, 11) is 0. The second kappa shape index (κ2) is 6.24. The van der Waals surface area contributed by atoms with Crippen LogP contribution < -0.4 is 15.4 Å². The molecule has 0 radical (unpaired) electrons. The maximum Gasteiger partial charge on any atom is 0.168 e. The van der Waals surface area contributed by atoms with Gasteiger partial charge in [0.05, 0.1) is 6.10 Å². The zero-order valence-corrected chi connectivity index (χ0v) is 12.2. The fraction of sp³-hybridized carbons (Fsp3) is 0.667. The third kappa shape index (κ3) is 4.10. The van der Waals surface area contributed by atoms with Gasteiger partial charge in [0.2, 0.25) is 0 Å². The first-order valence-electron chi connectivity index (χ1n) is 7.15. The Hall–Kier alpha value is -1.29. The van der Waals surface area contributed by atoms with Gasteiger partial charge in [0.15, 0.2) is 11.6 Å². The standard InChI is InChI=1S/C15H25N3O/c1-12(2)19-13-5-4-8-17-14(13)18-11-15(3)6-9-16-10-7-15/h4-5,8,12,16H,6-7,9-11H2,1-3H3,(H,17,18). The van der Waals surface area contributed by atoms with E-state index >= 15 is 0 Å².